The fourth-order valence-electron chi connectivity index (χ4n) is 4.63. The van der Waals surface area contributed by atoms with Crippen molar-refractivity contribution in [2.75, 3.05) is 31.6 Å². The maximum Gasteiger partial charge on any atom is 0.253 e. The van der Waals surface area contributed by atoms with Gasteiger partial charge in [0.1, 0.15) is 0 Å². The smallest absolute Gasteiger partial charge is 0.253 e. The van der Waals surface area contributed by atoms with Crippen LogP contribution in [0.4, 0.5) is 5.69 Å². The van der Waals surface area contributed by atoms with Crippen LogP contribution in [-0.2, 0) is 25.3 Å². The summed E-state index contributed by atoms with van der Waals surface area (Å²) in [6.07, 6.45) is 2.84. The number of sulfonamides is 1. The van der Waals surface area contributed by atoms with Gasteiger partial charge in [0, 0.05) is 32.2 Å². The monoisotopic (exact) mass is 499 g/mol. The molecule has 35 heavy (non-hydrogen) atoms. The molecule has 2 N–H and O–H groups in total. The number of nitrogens with one attached hydrogen (secondary N) is 2. The molecule has 2 heterocycles. The Kier molecular flexibility index (Phi) is 8.20. The van der Waals surface area contributed by atoms with Gasteiger partial charge in [-0.15, -0.1) is 0 Å². The van der Waals surface area contributed by atoms with E-state index in [4.69, 9.17) is 4.74 Å². The molecule has 0 aliphatic carbocycles. The standard InChI is InChI=1S/C26H33N3O5S/c1-19-6-4-7-20(16-19)18-35(32,33)29-13-11-21(12-14-29)25(30)28-24-10-3-2-9-23(24)26(31)27-17-22-8-5-15-34-22/h2-4,6-7,9-10,16,21-22H,5,8,11-15,17-18H2,1H3,(H,27,31)(H,28,30)/t22-/m0/s1. The van der Waals surface area contributed by atoms with Gasteiger partial charge < -0.3 is 15.4 Å². The van der Waals surface area contributed by atoms with E-state index in [1.54, 1.807) is 24.3 Å². The largest absolute Gasteiger partial charge is 0.376 e. The lowest BCUT2D eigenvalue weighted by atomic mass is 9.97. The minimum atomic E-state index is -3.45. The number of amides is 2. The number of para-hydroxylation sites is 1. The van der Waals surface area contributed by atoms with Crippen LogP contribution in [0.1, 0.15) is 47.2 Å². The van der Waals surface area contributed by atoms with Crippen molar-refractivity contribution in [2.45, 2.75) is 44.5 Å². The molecule has 0 bridgehead atoms. The summed E-state index contributed by atoms with van der Waals surface area (Å²) in [6.45, 7) is 3.70. The number of nitrogens with zero attached hydrogens (tertiary/aromatic N) is 1. The highest BCUT2D eigenvalue weighted by atomic mass is 32.2. The van der Waals surface area contributed by atoms with Crippen LogP contribution < -0.4 is 10.6 Å². The van der Waals surface area contributed by atoms with Crippen LogP contribution >= 0.6 is 0 Å². The van der Waals surface area contributed by atoms with Gasteiger partial charge in [-0.1, -0.05) is 42.0 Å². The van der Waals surface area contributed by atoms with Crippen molar-refractivity contribution in [3.63, 3.8) is 0 Å². The van der Waals surface area contributed by atoms with Crippen LogP contribution in [-0.4, -0.2) is 56.9 Å². The summed E-state index contributed by atoms with van der Waals surface area (Å²) >= 11 is 0. The first-order chi connectivity index (χ1) is 16.8. The van der Waals surface area contributed by atoms with E-state index in [1.165, 1.54) is 4.31 Å². The molecule has 0 aromatic heterocycles. The molecule has 8 nitrogen and oxygen atoms in total. The zero-order chi connectivity index (χ0) is 24.8. The lowest BCUT2D eigenvalue weighted by Gasteiger charge is -2.30. The van der Waals surface area contributed by atoms with Gasteiger partial charge in [0.15, 0.2) is 0 Å². The number of ether oxygens (including phenoxy) is 1. The van der Waals surface area contributed by atoms with Crippen molar-refractivity contribution in [3.05, 3.63) is 65.2 Å². The predicted octanol–water partition coefficient (Wildman–Crippen LogP) is 3.08. The Hall–Kier alpha value is -2.75. The van der Waals surface area contributed by atoms with Crippen molar-refractivity contribution in [2.24, 2.45) is 5.92 Å². The predicted molar refractivity (Wildman–Crippen MR) is 134 cm³/mol. The first-order valence-electron chi connectivity index (χ1n) is 12.1. The molecule has 0 unspecified atom stereocenters. The van der Waals surface area contributed by atoms with E-state index in [9.17, 15) is 18.0 Å². The number of aryl methyl sites for hydroxylation is 1. The van der Waals surface area contributed by atoms with E-state index in [0.29, 0.717) is 43.7 Å². The average Bonchev–Trinajstić information content (AvgIpc) is 3.36. The lowest BCUT2D eigenvalue weighted by molar-refractivity contribution is -0.120. The minimum Gasteiger partial charge on any atom is -0.376 e. The zero-order valence-electron chi connectivity index (χ0n) is 20.0. The molecular formula is C26H33N3O5S. The lowest BCUT2D eigenvalue weighted by Crippen LogP contribution is -2.42. The Morgan fingerprint density at radius 3 is 2.54 bits per heavy atom. The molecule has 188 valence electrons. The summed E-state index contributed by atoms with van der Waals surface area (Å²) < 4.78 is 32.8. The van der Waals surface area contributed by atoms with Crippen LogP contribution in [0.15, 0.2) is 48.5 Å². The third-order valence-electron chi connectivity index (χ3n) is 6.59. The SMILES string of the molecule is Cc1cccc(CS(=O)(=O)N2CCC(C(=O)Nc3ccccc3C(=O)NC[C@@H]3CCCO3)CC2)c1. The maximum atomic E-state index is 13.0. The molecule has 2 amide bonds. The quantitative estimate of drug-likeness (QED) is 0.581. The second-order valence-corrected chi connectivity index (χ2v) is 11.3. The van der Waals surface area contributed by atoms with E-state index >= 15 is 0 Å². The van der Waals surface area contributed by atoms with Crippen molar-refractivity contribution in [1.29, 1.82) is 0 Å². The van der Waals surface area contributed by atoms with Crippen molar-refractivity contribution in [3.8, 4) is 0 Å². The van der Waals surface area contributed by atoms with E-state index in [-0.39, 0.29) is 29.6 Å². The van der Waals surface area contributed by atoms with Crippen LogP contribution in [0.5, 0.6) is 0 Å². The molecule has 2 aromatic rings. The molecule has 4 rings (SSSR count). The number of carbonyl (C=O) groups is 2. The normalized spacial score (nSPS) is 19.4. The van der Waals surface area contributed by atoms with Crippen molar-refractivity contribution in [1.82, 2.24) is 9.62 Å². The topological polar surface area (TPSA) is 105 Å². The van der Waals surface area contributed by atoms with Gasteiger partial charge in [0.25, 0.3) is 5.91 Å². The van der Waals surface area contributed by atoms with E-state index < -0.39 is 10.0 Å². The average molecular weight is 500 g/mol. The Morgan fingerprint density at radius 1 is 1.06 bits per heavy atom. The molecule has 0 spiro atoms. The highest BCUT2D eigenvalue weighted by Gasteiger charge is 2.31. The first kappa shape index (κ1) is 25.3. The molecule has 2 fully saturated rings. The van der Waals surface area contributed by atoms with Gasteiger partial charge in [-0.25, -0.2) is 12.7 Å². The summed E-state index contributed by atoms with van der Waals surface area (Å²) in [5.74, 6) is -0.808. The number of hydrogen-bond donors (Lipinski definition) is 2. The van der Waals surface area contributed by atoms with Crippen LogP contribution in [0.3, 0.4) is 0 Å². The highest BCUT2D eigenvalue weighted by Crippen LogP contribution is 2.24. The number of hydrogen-bond acceptors (Lipinski definition) is 5. The summed E-state index contributed by atoms with van der Waals surface area (Å²) in [5, 5.41) is 5.78. The molecule has 2 saturated heterocycles. The van der Waals surface area contributed by atoms with E-state index in [1.807, 2.05) is 31.2 Å². The summed E-state index contributed by atoms with van der Waals surface area (Å²) in [5.41, 5.74) is 2.64. The number of rotatable bonds is 8. The Morgan fingerprint density at radius 2 is 1.83 bits per heavy atom. The molecular weight excluding hydrogens is 466 g/mol. The van der Waals surface area contributed by atoms with Crippen LogP contribution in [0, 0.1) is 12.8 Å². The van der Waals surface area contributed by atoms with Crippen molar-refractivity contribution < 1.29 is 22.7 Å². The highest BCUT2D eigenvalue weighted by molar-refractivity contribution is 7.88. The van der Waals surface area contributed by atoms with E-state index in [0.717, 1.165) is 30.6 Å². The van der Waals surface area contributed by atoms with Crippen molar-refractivity contribution >= 4 is 27.5 Å². The Labute approximate surface area is 207 Å². The fourth-order valence-corrected chi connectivity index (χ4v) is 6.18. The van der Waals surface area contributed by atoms with Gasteiger partial charge in [-0.3, -0.25) is 9.59 Å². The van der Waals surface area contributed by atoms with Crippen LogP contribution in [0.2, 0.25) is 0 Å². The fraction of sp³-hybridized carbons (Fsp3) is 0.462. The molecule has 0 radical (unpaired) electrons. The summed E-state index contributed by atoms with van der Waals surface area (Å²) in [4.78, 5) is 25.7. The summed E-state index contributed by atoms with van der Waals surface area (Å²) in [6, 6.07) is 14.4. The molecule has 9 heteroatoms. The molecule has 0 saturated carbocycles. The van der Waals surface area contributed by atoms with E-state index in [2.05, 4.69) is 10.6 Å². The van der Waals surface area contributed by atoms with Gasteiger partial charge in [-0.05, 0) is 50.3 Å². The number of carbonyl (C=O) groups excluding carboxylic acids is 2. The number of anilines is 1. The Balaban J connectivity index is 1.31. The molecule has 2 aliphatic heterocycles. The van der Waals surface area contributed by atoms with Crippen LogP contribution in [0.25, 0.3) is 0 Å². The molecule has 2 aliphatic rings. The zero-order valence-corrected chi connectivity index (χ0v) is 20.9. The third kappa shape index (κ3) is 6.68. The first-order valence-corrected chi connectivity index (χ1v) is 13.8. The Bertz CT molecular complexity index is 1150. The maximum absolute atomic E-state index is 13.0. The minimum absolute atomic E-state index is 0.0353. The van der Waals surface area contributed by atoms with Gasteiger partial charge in [0.2, 0.25) is 15.9 Å². The summed E-state index contributed by atoms with van der Waals surface area (Å²) in [7, 11) is -3.45. The second kappa shape index (κ2) is 11.3. The number of benzene rings is 2. The second-order valence-electron chi connectivity index (χ2n) is 9.30. The van der Waals surface area contributed by atoms with Gasteiger partial charge in [0.05, 0.1) is 23.1 Å². The van der Waals surface area contributed by atoms with Gasteiger partial charge >= 0.3 is 0 Å². The molecule has 1 atom stereocenters. The third-order valence-corrected chi connectivity index (χ3v) is 8.44. The molecule has 2 aromatic carbocycles. The van der Waals surface area contributed by atoms with Gasteiger partial charge in [-0.2, -0.15) is 0 Å². The number of piperidine rings is 1.